The van der Waals surface area contributed by atoms with Gasteiger partial charge in [-0.1, -0.05) is 24.3 Å². The number of amides is 2. The van der Waals surface area contributed by atoms with Crippen molar-refractivity contribution in [3.8, 4) is 0 Å². The Balaban J connectivity index is 0.000000562. The summed E-state index contributed by atoms with van der Waals surface area (Å²) in [7, 11) is 0. The first-order chi connectivity index (χ1) is 14.0. The molecule has 0 bridgehead atoms. The first-order valence-electron chi connectivity index (χ1n) is 8.05. The standard InChI is InChI=1S/2C9H8F3NO2.ClH/c2*10-9(11,12)7-15-8(14)13-5-3-1-2-4-6-13;/h2*1-6H,7H2;1H. The molecule has 13 heteroatoms. The van der Waals surface area contributed by atoms with Crippen LogP contribution in [-0.4, -0.2) is 47.6 Å². The van der Waals surface area contributed by atoms with Crippen molar-refractivity contribution in [3.63, 3.8) is 0 Å². The van der Waals surface area contributed by atoms with Crippen LogP contribution >= 0.6 is 12.4 Å². The molecule has 172 valence electrons. The molecule has 2 aliphatic heterocycles. The molecular formula is C18H17ClF6N2O4. The van der Waals surface area contributed by atoms with E-state index in [4.69, 9.17) is 0 Å². The molecule has 0 spiro atoms. The zero-order valence-electron chi connectivity index (χ0n) is 15.5. The third-order valence-electron chi connectivity index (χ3n) is 2.79. The van der Waals surface area contributed by atoms with Crippen molar-refractivity contribution in [2.75, 3.05) is 13.2 Å². The number of hydrogen-bond acceptors (Lipinski definition) is 4. The zero-order chi connectivity index (χ0) is 22.6. The van der Waals surface area contributed by atoms with Gasteiger partial charge in [-0.15, -0.1) is 12.4 Å². The van der Waals surface area contributed by atoms with Crippen LogP contribution in [0.1, 0.15) is 0 Å². The molecule has 0 radical (unpaired) electrons. The van der Waals surface area contributed by atoms with Gasteiger partial charge < -0.3 is 9.47 Å². The van der Waals surface area contributed by atoms with E-state index >= 15 is 0 Å². The summed E-state index contributed by atoms with van der Waals surface area (Å²) >= 11 is 0. The smallest absolute Gasteiger partial charge is 0.422 e. The fourth-order valence-electron chi connectivity index (χ4n) is 1.61. The van der Waals surface area contributed by atoms with Crippen LogP contribution in [0.15, 0.2) is 73.4 Å². The van der Waals surface area contributed by atoms with Gasteiger partial charge in [0, 0.05) is 24.8 Å². The summed E-state index contributed by atoms with van der Waals surface area (Å²) in [6.45, 7) is -3.17. The van der Waals surface area contributed by atoms with E-state index in [0.29, 0.717) is 0 Å². The van der Waals surface area contributed by atoms with E-state index in [9.17, 15) is 35.9 Å². The zero-order valence-corrected chi connectivity index (χ0v) is 16.4. The molecule has 0 saturated carbocycles. The Morgan fingerprint density at radius 2 is 0.839 bits per heavy atom. The third kappa shape index (κ3) is 13.7. The summed E-state index contributed by atoms with van der Waals surface area (Å²) in [5.74, 6) is 0. The van der Waals surface area contributed by atoms with Crippen molar-refractivity contribution >= 4 is 24.6 Å². The SMILES string of the molecule is Cl.O=C(OCC(F)(F)F)N1C=CC=CC=C1.O=C(OCC(F)(F)F)N1C=CC=CC=C1. The van der Waals surface area contributed by atoms with Gasteiger partial charge in [0.25, 0.3) is 0 Å². The van der Waals surface area contributed by atoms with E-state index in [1.165, 1.54) is 49.1 Å². The predicted octanol–water partition coefficient (Wildman–Crippen LogP) is 5.59. The molecule has 0 aromatic rings. The number of hydrogen-bond donors (Lipinski definition) is 0. The van der Waals surface area contributed by atoms with Crippen LogP contribution in [0.3, 0.4) is 0 Å². The highest BCUT2D eigenvalue weighted by molar-refractivity contribution is 5.85. The van der Waals surface area contributed by atoms with Crippen LogP contribution in [0.2, 0.25) is 0 Å². The van der Waals surface area contributed by atoms with Gasteiger partial charge in [0.15, 0.2) is 13.2 Å². The topological polar surface area (TPSA) is 59.1 Å². The second-order valence-corrected chi connectivity index (χ2v) is 5.29. The van der Waals surface area contributed by atoms with Crippen molar-refractivity contribution in [3.05, 3.63) is 73.4 Å². The summed E-state index contributed by atoms with van der Waals surface area (Å²) in [6, 6.07) is 0. The number of carbonyl (C=O) groups is 2. The quantitative estimate of drug-likeness (QED) is 0.489. The van der Waals surface area contributed by atoms with E-state index in [1.54, 1.807) is 24.3 Å². The van der Waals surface area contributed by atoms with E-state index in [-0.39, 0.29) is 12.4 Å². The summed E-state index contributed by atoms with van der Waals surface area (Å²) in [4.78, 5) is 24.0. The summed E-state index contributed by atoms with van der Waals surface area (Å²) in [5.41, 5.74) is 0. The Labute approximate surface area is 179 Å². The fourth-order valence-corrected chi connectivity index (χ4v) is 1.61. The van der Waals surface area contributed by atoms with Crippen LogP contribution in [0.5, 0.6) is 0 Å². The molecule has 0 aromatic heterocycles. The van der Waals surface area contributed by atoms with Crippen molar-refractivity contribution in [2.24, 2.45) is 0 Å². The lowest BCUT2D eigenvalue weighted by atomic mass is 10.5. The van der Waals surface area contributed by atoms with Crippen molar-refractivity contribution < 1.29 is 45.4 Å². The molecule has 31 heavy (non-hydrogen) atoms. The minimum atomic E-state index is -4.51. The lowest BCUT2D eigenvalue weighted by Crippen LogP contribution is -2.26. The number of carbonyl (C=O) groups excluding carboxylic acids is 2. The average Bonchev–Trinajstić information content (AvgIpc) is 3.09. The van der Waals surface area contributed by atoms with Gasteiger partial charge in [0.1, 0.15) is 0 Å². The Kier molecular flexibility index (Phi) is 11.9. The normalized spacial score (nSPS) is 14.8. The van der Waals surface area contributed by atoms with E-state index < -0.39 is 37.8 Å². The van der Waals surface area contributed by atoms with Gasteiger partial charge in [-0.3, -0.25) is 9.80 Å². The van der Waals surface area contributed by atoms with Gasteiger partial charge in [-0.2, -0.15) is 26.3 Å². The lowest BCUT2D eigenvalue weighted by Gasteiger charge is -2.13. The average molecular weight is 475 g/mol. The molecule has 6 nitrogen and oxygen atoms in total. The minimum absolute atomic E-state index is 0. The first-order valence-corrected chi connectivity index (χ1v) is 8.05. The minimum Gasteiger partial charge on any atom is -0.439 e. The van der Waals surface area contributed by atoms with E-state index in [1.807, 2.05) is 0 Å². The molecule has 0 saturated heterocycles. The predicted molar refractivity (Wildman–Crippen MR) is 101 cm³/mol. The lowest BCUT2D eigenvalue weighted by molar-refractivity contribution is -0.161. The number of ether oxygens (including phenoxy) is 2. The van der Waals surface area contributed by atoms with Crippen LogP contribution < -0.4 is 0 Å². The van der Waals surface area contributed by atoms with Gasteiger partial charge in [-0.25, -0.2) is 9.59 Å². The molecule has 0 unspecified atom stereocenters. The molecule has 2 aliphatic rings. The maximum atomic E-state index is 11.7. The number of rotatable bonds is 2. The highest BCUT2D eigenvalue weighted by Gasteiger charge is 2.31. The van der Waals surface area contributed by atoms with Crippen LogP contribution in [0, 0.1) is 0 Å². The fraction of sp³-hybridized carbons (Fsp3) is 0.222. The number of halogens is 7. The van der Waals surface area contributed by atoms with Gasteiger partial charge in [0.2, 0.25) is 0 Å². The second kappa shape index (κ2) is 13.2. The van der Waals surface area contributed by atoms with Gasteiger partial charge in [-0.05, 0) is 24.3 Å². The summed E-state index contributed by atoms with van der Waals surface area (Å²) < 4.78 is 78.4. The van der Waals surface area contributed by atoms with Gasteiger partial charge in [0.05, 0.1) is 0 Å². The molecule has 0 aliphatic carbocycles. The number of alkyl halides is 6. The molecule has 0 N–H and O–H groups in total. The molecule has 0 aromatic carbocycles. The second-order valence-electron chi connectivity index (χ2n) is 5.29. The van der Waals surface area contributed by atoms with E-state index in [2.05, 4.69) is 9.47 Å². The Morgan fingerprint density at radius 3 is 1.06 bits per heavy atom. The maximum Gasteiger partial charge on any atom is 0.422 e. The highest BCUT2D eigenvalue weighted by Crippen LogP contribution is 2.16. The number of allylic oxidation sites excluding steroid dienone is 8. The monoisotopic (exact) mass is 474 g/mol. The van der Waals surface area contributed by atoms with Crippen LogP contribution in [0.4, 0.5) is 35.9 Å². The highest BCUT2D eigenvalue weighted by atomic mass is 35.5. The van der Waals surface area contributed by atoms with E-state index in [0.717, 1.165) is 9.80 Å². The molecular weight excluding hydrogens is 458 g/mol. The van der Waals surface area contributed by atoms with Crippen LogP contribution in [0.25, 0.3) is 0 Å². The van der Waals surface area contributed by atoms with Crippen LogP contribution in [-0.2, 0) is 9.47 Å². The summed E-state index contributed by atoms with van der Waals surface area (Å²) in [5, 5.41) is 0. The molecule has 2 rings (SSSR count). The Hall–Kier alpha value is -3.15. The number of nitrogens with zero attached hydrogens (tertiary/aromatic N) is 2. The molecule has 2 heterocycles. The molecule has 0 atom stereocenters. The first kappa shape index (κ1) is 27.8. The summed E-state index contributed by atoms with van der Waals surface area (Å²) in [6.07, 6.45) is 6.64. The van der Waals surface area contributed by atoms with Gasteiger partial charge >= 0.3 is 24.5 Å². The molecule has 0 fully saturated rings. The molecule has 2 amide bonds. The van der Waals surface area contributed by atoms with Crippen molar-refractivity contribution in [1.82, 2.24) is 9.80 Å². The maximum absolute atomic E-state index is 11.7. The van der Waals surface area contributed by atoms with Crippen molar-refractivity contribution in [2.45, 2.75) is 12.4 Å². The Bertz CT molecular complexity index is 674. The third-order valence-corrected chi connectivity index (χ3v) is 2.79. The van der Waals surface area contributed by atoms with Crippen molar-refractivity contribution in [1.29, 1.82) is 0 Å². The largest absolute Gasteiger partial charge is 0.439 e. The Morgan fingerprint density at radius 1 is 0.581 bits per heavy atom.